The van der Waals surface area contributed by atoms with E-state index in [9.17, 15) is 9.90 Å². The lowest BCUT2D eigenvalue weighted by atomic mass is 9.76. The van der Waals surface area contributed by atoms with Gasteiger partial charge in [-0.25, -0.2) is 9.68 Å². The minimum absolute atomic E-state index is 0.0790. The van der Waals surface area contributed by atoms with E-state index in [1.807, 2.05) is 6.08 Å². The molecule has 5 nitrogen and oxygen atoms in total. The molecule has 2 N–H and O–H groups in total. The summed E-state index contributed by atoms with van der Waals surface area (Å²) >= 11 is 0. The van der Waals surface area contributed by atoms with Crippen LogP contribution in [-0.2, 0) is 14.4 Å². The molecule has 0 fully saturated rings. The number of carbonyl (C=O) groups is 1. The number of ether oxygens (including phenoxy) is 1. The third-order valence-electron chi connectivity index (χ3n) is 4.33. The van der Waals surface area contributed by atoms with Crippen molar-refractivity contribution < 1.29 is 24.8 Å². The number of esters is 1. The van der Waals surface area contributed by atoms with E-state index in [-0.39, 0.29) is 11.9 Å². The summed E-state index contributed by atoms with van der Waals surface area (Å²) in [6.45, 7) is 7.32. The third kappa shape index (κ3) is 4.95. The molecule has 1 aliphatic carbocycles. The molecule has 0 aromatic heterocycles. The van der Waals surface area contributed by atoms with Gasteiger partial charge in [0.2, 0.25) is 0 Å². The van der Waals surface area contributed by atoms with E-state index in [0.717, 1.165) is 12.0 Å². The fourth-order valence-corrected chi connectivity index (χ4v) is 2.73. The quantitative estimate of drug-likeness (QED) is 0.327. The first-order chi connectivity index (χ1) is 9.81. The molecule has 0 aliphatic heterocycles. The minimum atomic E-state index is -0.871. The first kappa shape index (κ1) is 17.9. The van der Waals surface area contributed by atoms with Crippen molar-refractivity contribution in [2.75, 3.05) is 7.11 Å². The van der Waals surface area contributed by atoms with Crippen molar-refractivity contribution in [1.82, 2.24) is 0 Å². The minimum Gasteiger partial charge on any atom is -0.466 e. The lowest BCUT2D eigenvalue weighted by Crippen LogP contribution is -2.37. The van der Waals surface area contributed by atoms with Crippen molar-refractivity contribution in [3.05, 3.63) is 23.8 Å². The number of allylic oxidation sites excluding steroid dienone is 1. The molecule has 0 bridgehead atoms. The topological polar surface area (TPSA) is 76.0 Å². The second kappa shape index (κ2) is 7.73. The zero-order valence-electron chi connectivity index (χ0n) is 13.1. The Balaban J connectivity index is 2.58. The van der Waals surface area contributed by atoms with Gasteiger partial charge in [-0.1, -0.05) is 12.7 Å². The molecule has 0 saturated carbocycles. The largest absolute Gasteiger partial charge is 0.466 e. The third-order valence-corrected chi connectivity index (χ3v) is 4.33. The van der Waals surface area contributed by atoms with E-state index in [1.165, 1.54) is 7.11 Å². The second-order valence-electron chi connectivity index (χ2n) is 6.03. The van der Waals surface area contributed by atoms with Gasteiger partial charge in [0.25, 0.3) is 0 Å². The van der Waals surface area contributed by atoms with Gasteiger partial charge in [-0.3, -0.25) is 5.26 Å². The van der Waals surface area contributed by atoms with Gasteiger partial charge < -0.3 is 9.84 Å². The van der Waals surface area contributed by atoms with Crippen molar-refractivity contribution in [1.29, 1.82) is 0 Å². The number of aliphatic hydroxyl groups is 1. The van der Waals surface area contributed by atoms with Crippen LogP contribution in [0.1, 0.15) is 46.0 Å². The fraction of sp³-hybridized carbons (Fsp3) is 0.688. The Morgan fingerprint density at radius 3 is 2.71 bits per heavy atom. The number of hydrogen-bond donors (Lipinski definition) is 2. The Labute approximate surface area is 126 Å². The summed E-state index contributed by atoms with van der Waals surface area (Å²) < 4.78 is 4.71. The van der Waals surface area contributed by atoms with Crippen LogP contribution in [0.25, 0.3) is 0 Å². The highest BCUT2D eigenvalue weighted by molar-refractivity contribution is 5.88. The van der Waals surface area contributed by atoms with Gasteiger partial charge in [-0.2, -0.15) is 0 Å². The lowest BCUT2D eigenvalue weighted by molar-refractivity contribution is -0.271. The first-order valence-corrected chi connectivity index (χ1v) is 7.27. The van der Waals surface area contributed by atoms with Crippen LogP contribution in [0.3, 0.4) is 0 Å². The monoisotopic (exact) mass is 298 g/mol. The van der Waals surface area contributed by atoms with Crippen molar-refractivity contribution >= 4 is 5.97 Å². The maximum absolute atomic E-state index is 11.4. The van der Waals surface area contributed by atoms with E-state index < -0.39 is 11.7 Å². The standard InChI is InChI=1S/C16H26O5/c1-11(2)14(21-19)9-10-16(3,18)13-7-5-12(6-8-13)15(17)20-4/h5,13-14,18-19H,1,6-10H2,2-4H3/t13?,14-,16?/m1/s1. The van der Waals surface area contributed by atoms with Crippen LogP contribution in [0.5, 0.6) is 0 Å². The predicted molar refractivity (Wildman–Crippen MR) is 79.6 cm³/mol. The maximum atomic E-state index is 11.4. The van der Waals surface area contributed by atoms with Crippen LogP contribution in [0.15, 0.2) is 23.8 Å². The molecule has 5 heteroatoms. The van der Waals surface area contributed by atoms with Crippen molar-refractivity contribution in [3.63, 3.8) is 0 Å². The van der Waals surface area contributed by atoms with Crippen LogP contribution in [-0.4, -0.2) is 35.1 Å². The van der Waals surface area contributed by atoms with Gasteiger partial charge in [0, 0.05) is 5.57 Å². The highest BCUT2D eigenvalue weighted by Crippen LogP contribution is 2.35. The van der Waals surface area contributed by atoms with Gasteiger partial charge in [-0.15, -0.1) is 0 Å². The molecular formula is C16H26O5. The van der Waals surface area contributed by atoms with E-state index >= 15 is 0 Å². The normalized spacial score (nSPS) is 22.9. The molecule has 0 amide bonds. The average Bonchev–Trinajstić information content (AvgIpc) is 2.46. The van der Waals surface area contributed by atoms with E-state index in [0.29, 0.717) is 31.3 Å². The number of hydrogen-bond acceptors (Lipinski definition) is 5. The second-order valence-corrected chi connectivity index (χ2v) is 6.03. The van der Waals surface area contributed by atoms with Crippen molar-refractivity contribution in [3.8, 4) is 0 Å². The summed E-state index contributed by atoms with van der Waals surface area (Å²) in [5, 5.41) is 19.5. The molecule has 21 heavy (non-hydrogen) atoms. The molecule has 0 radical (unpaired) electrons. The lowest BCUT2D eigenvalue weighted by Gasteiger charge is -2.35. The van der Waals surface area contributed by atoms with Crippen molar-refractivity contribution in [2.45, 2.75) is 57.7 Å². The molecule has 0 aromatic carbocycles. The summed E-state index contributed by atoms with van der Waals surface area (Å²) in [6, 6.07) is 0. The van der Waals surface area contributed by atoms with Gasteiger partial charge in [-0.05, 0) is 57.4 Å². The van der Waals surface area contributed by atoms with Crippen LogP contribution < -0.4 is 0 Å². The number of methoxy groups -OCH3 is 1. The molecule has 2 unspecified atom stereocenters. The van der Waals surface area contributed by atoms with Gasteiger partial charge in [0.1, 0.15) is 6.10 Å². The van der Waals surface area contributed by atoms with Gasteiger partial charge >= 0.3 is 5.97 Å². The maximum Gasteiger partial charge on any atom is 0.333 e. The summed E-state index contributed by atoms with van der Waals surface area (Å²) in [7, 11) is 1.37. The Kier molecular flexibility index (Phi) is 6.58. The molecule has 3 atom stereocenters. The summed E-state index contributed by atoms with van der Waals surface area (Å²) in [5.41, 5.74) is 0.539. The van der Waals surface area contributed by atoms with Crippen LogP contribution in [0.4, 0.5) is 0 Å². The highest BCUT2D eigenvalue weighted by atomic mass is 17.1. The Morgan fingerprint density at radius 1 is 1.62 bits per heavy atom. The fourth-order valence-electron chi connectivity index (χ4n) is 2.73. The molecular weight excluding hydrogens is 272 g/mol. The molecule has 120 valence electrons. The molecule has 0 saturated heterocycles. The van der Waals surface area contributed by atoms with E-state index in [1.54, 1.807) is 13.8 Å². The Bertz CT molecular complexity index is 411. The summed E-state index contributed by atoms with van der Waals surface area (Å²) in [5.74, 6) is -0.209. The van der Waals surface area contributed by atoms with Crippen molar-refractivity contribution in [2.24, 2.45) is 5.92 Å². The molecule has 1 rings (SSSR count). The van der Waals surface area contributed by atoms with E-state index in [4.69, 9.17) is 9.99 Å². The molecule has 0 spiro atoms. The number of rotatable bonds is 7. The zero-order valence-corrected chi connectivity index (χ0v) is 13.1. The first-order valence-electron chi connectivity index (χ1n) is 7.27. The molecule has 0 aromatic rings. The summed E-state index contributed by atoms with van der Waals surface area (Å²) in [4.78, 5) is 15.8. The average molecular weight is 298 g/mol. The molecule has 0 heterocycles. The van der Waals surface area contributed by atoms with Crippen LogP contribution in [0, 0.1) is 5.92 Å². The summed E-state index contributed by atoms with van der Waals surface area (Å²) in [6.07, 6.45) is 4.41. The SMILES string of the molecule is C=C(C)[C@@H](CCC(C)(O)C1CC=C(C(=O)OC)CC1)OO. The van der Waals surface area contributed by atoms with Gasteiger partial charge in [0.15, 0.2) is 0 Å². The predicted octanol–water partition coefficient (Wildman–Crippen LogP) is 2.85. The zero-order chi connectivity index (χ0) is 16.0. The van der Waals surface area contributed by atoms with Crippen LogP contribution >= 0.6 is 0 Å². The van der Waals surface area contributed by atoms with Crippen LogP contribution in [0.2, 0.25) is 0 Å². The van der Waals surface area contributed by atoms with Gasteiger partial charge in [0.05, 0.1) is 12.7 Å². The highest BCUT2D eigenvalue weighted by Gasteiger charge is 2.34. The van der Waals surface area contributed by atoms with E-state index in [2.05, 4.69) is 11.5 Å². The number of carbonyl (C=O) groups excluding carboxylic acids is 1. The smallest absolute Gasteiger partial charge is 0.333 e. The molecule has 1 aliphatic rings. The Hall–Kier alpha value is -1.17. The Morgan fingerprint density at radius 2 is 2.29 bits per heavy atom.